The first-order valence-corrected chi connectivity index (χ1v) is 8.25. The maximum atomic E-state index is 10.9. The lowest BCUT2D eigenvalue weighted by Gasteiger charge is -2.28. The number of nitrogens with one attached hydrogen (secondary N) is 1. The maximum Gasteiger partial charge on any atom is 0.296 e. The van der Waals surface area contributed by atoms with Crippen LogP contribution < -0.4 is 5.32 Å². The van der Waals surface area contributed by atoms with Gasteiger partial charge in [-0.25, -0.2) is 4.98 Å². The molecule has 2 rings (SSSR count). The average Bonchev–Trinajstić information content (AvgIpc) is 2.41. The predicted octanol–water partition coefficient (Wildman–Crippen LogP) is 1.47. The second kappa shape index (κ2) is 6.51. The fourth-order valence-electron chi connectivity index (χ4n) is 2.39. The van der Waals surface area contributed by atoms with Gasteiger partial charge in [0.2, 0.25) is 0 Å². The zero-order chi connectivity index (χ0) is 14.6. The standard InChI is InChI=1S/C13H21N3O3S/c1-16-8-5-11(6-9-16)4-7-14-13-3-2-12(10-15-13)20(17,18)19/h2-3,10-11H,4-9H2,1H3,(H,14,15)(H,17,18,19). The fourth-order valence-corrected chi connectivity index (χ4v) is 2.82. The van der Waals surface area contributed by atoms with Crippen molar-refractivity contribution >= 4 is 15.9 Å². The van der Waals surface area contributed by atoms with E-state index >= 15 is 0 Å². The summed E-state index contributed by atoms with van der Waals surface area (Å²) in [7, 11) is -2.01. The number of piperidine rings is 1. The monoisotopic (exact) mass is 299 g/mol. The first-order valence-electron chi connectivity index (χ1n) is 6.81. The molecule has 0 bridgehead atoms. The van der Waals surface area contributed by atoms with Gasteiger partial charge in [-0.3, -0.25) is 4.55 Å². The summed E-state index contributed by atoms with van der Waals surface area (Å²) in [6, 6.07) is 2.91. The molecule has 1 aromatic heterocycles. The van der Waals surface area contributed by atoms with Gasteiger partial charge in [0.25, 0.3) is 10.1 Å². The molecule has 0 spiro atoms. The van der Waals surface area contributed by atoms with Crippen LogP contribution in [0.4, 0.5) is 5.82 Å². The van der Waals surface area contributed by atoms with Gasteiger partial charge in [-0.1, -0.05) is 0 Å². The van der Waals surface area contributed by atoms with Crippen LogP contribution in [0.2, 0.25) is 0 Å². The second-order valence-electron chi connectivity index (χ2n) is 5.32. The molecular weight excluding hydrogens is 278 g/mol. The molecule has 2 heterocycles. The SMILES string of the molecule is CN1CCC(CCNc2ccc(S(=O)(=O)O)cn2)CC1. The van der Waals surface area contributed by atoms with Crippen molar-refractivity contribution in [1.29, 1.82) is 0 Å². The summed E-state index contributed by atoms with van der Waals surface area (Å²) in [6.45, 7) is 3.14. The number of rotatable bonds is 5. The first-order chi connectivity index (χ1) is 9.45. The number of likely N-dealkylation sites (tertiary alicyclic amines) is 1. The summed E-state index contributed by atoms with van der Waals surface area (Å²) in [5.41, 5.74) is 0. The quantitative estimate of drug-likeness (QED) is 0.801. The zero-order valence-corrected chi connectivity index (χ0v) is 12.4. The molecule has 1 aliphatic heterocycles. The number of anilines is 1. The van der Waals surface area contributed by atoms with Gasteiger partial charge in [0.15, 0.2) is 0 Å². The van der Waals surface area contributed by atoms with Crippen molar-refractivity contribution in [3.05, 3.63) is 18.3 Å². The Morgan fingerprint density at radius 2 is 2.10 bits per heavy atom. The number of nitrogens with zero attached hydrogens (tertiary/aromatic N) is 2. The summed E-state index contributed by atoms with van der Waals surface area (Å²) in [6.07, 6.45) is 4.71. The molecule has 0 unspecified atom stereocenters. The highest BCUT2D eigenvalue weighted by molar-refractivity contribution is 7.85. The summed E-state index contributed by atoms with van der Waals surface area (Å²) >= 11 is 0. The molecular formula is C13H21N3O3S. The van der Waals surface area contributed by atoms with Crippen molar-refractivity contribution in [2.75, 3.05) is 32.0 Å². The Morgan fingerprint density at radius 1 is 1.40 bits per heavy atom. The molecule has 7 heteroatoms. The molecule has 20 heavy (non-hydrogen) atoms. The van der Waals surface area contributed by atoms with Gasteiger partial charge in [-0.05, 0) is 57.5 Å². The van der Waals surface area contributed by atoms with E-state index in [0.717, 1.165) is 38.2 Å². The smallest absolute Gasteiger partial charge is 0.296 e. The lowest BCUT2D eigenvalue weighted by molar-refractivity contribution is 0.215. The first kappa shape index (κ1) is 15.2. The Labute approximate surface area is 120 Å². The summed E-state index contributed by atoms with van der Waals surface area (Å²) in [5.74, 6) is 1.38. The Morgan fingerprint density at radius 3 is 2.65 bits per heavy atom. The number of hydrogen-bond acceptors (Lipinski definition) is 5. The molecule has 0 aliphatic carbocycles. The van der Waals surface area contributed by atoms with E-state index in [4.69, 9.17) is 4.55 Å². The lowest BCUT2D eigenvalue weighted by Crippen LogP contribution is -2.30. The van der Waals surface area contributed by atoms with Crippen LogP contribution in [-0.2, 0) is 10.1 Å². The lowest BCUT2D eigenvalue weighted by atomic mass is 9.94. The van der Waals surface area contributed by atoms with Crippen molar-refractivity contribution in [2.24, 2.45) is 5.92 Å². The van der Waals surface area contributed by atoms with Crippen LogP contribution >= 0.6 is 0 Å². The van der Waals surface area contributed by atoms with Crippen LogP contribution in [0.1, 0.15) is 19.3 Å². The van der Waals surface area contributed by atoms with Crippen LogP contribution in [0, 0.1) is 5.92 Å². The number of pyridine rings is 1. The van der Waals surface area contributed by atoms with Crippen molar-refractivity contribution in [2.45, 2.75) is 24.2 Å². The van der Waals surface area contributed by atoms with E-state index < -0.39 is 10.1 Å². The maximum absolute atomic E-state index is 10.9. The third-order valence-electron chi connectivity index (χ3n) is 3.73. The van der Waals surface area contributed by atoms with E-state index in [2.05, 4.69) is 22.2 Å². The minimum absolute atomic E-state index is 0.182. The molecule has 0 amide bonds. The molecule has 6 nitrogen and oxygen atoms in total. The van der Waals surface area contributed by atoms with Crippen molar-refractivity contribution in [3.8, 4) is 0 Å². The fraction of sp³-hybridized carbons (Fsp3) is 0.615. The topological polar surface area (TPSA) is 82.5 Å². The Bertz CT molecular complexity index is 522. The highest BCUT2D eigenvalue weighted by Crippen LogP contribution is 2.19. The number of hydrogen-bond donors (Lipinski definition) is 2. The predicted molar refractivity (Wildman–Crippen MR) is 77.4 cm³/mol. The molecule has 2 N–H and O–H groups in total. The number of aromatic nitrogens is 1. The normalized spacial score (nSPS) is 18.1. The van der Waals surface area contributed by atoms with Crippen LogP contribution in [0.15, 0.2) is 23.2 Å². The minimum Gasteiger partial charge on any atom is -0.370 e. The van der Waals surface area contributed by atoms with Crippen LogP contribution in [0.5, 0.6) is 0 Å². The second-order valence-corrected chi connectivity index (χ2v) is 6.74. The van der Waals surface area contributed by atoms with E-state index in [1.807, 2.05) is 0 Å². The molecule has 1 fully saturated rings. The van der Waals surface area contributed by atoms with E-state index in [1.165, 1.54) is 18.9 Å². The Kier molecular flexibility index (Phi) is 4.95. The van der Waals surface area contributed by atoms with E-state index in [0.29, 0.717) is 5.82 Å². The molecule has 0 aromatic carbocycles. The summed E-state index contributed by atoms with van der Waals surface area (Å²) in [5, 5.41) is 3.18. The largest absolute Gasteiger partial charge is 0.370 e. The van der Waals surface area contributed by atoms with Crippen LogP contribution in [-0.4, -0.2) is 49.5 Å². The molecule has 0 atom stereocenters. The minimum atomic E-state index is -4.16. The van der Waals surface area contributed by atoms with Crippen LogP contribution in [0.25, 0.3) is 0 Å². The third-order valence-corrected chi connectivity index (χ3v) is 4.57. The summed E-state index contributed by atoms with van der Waals surface area (Å²) < 4.78 is 30.6. The molecule has 1 saturated heterocycles. The molecule has 1 aliphatic rings. The van der Waals surface area contributed by atoms with Gasteiger partial charge in [-0.15, -0.1) is 0 Å². The molecule has 0 radical (unpaired) electrons. The van der Waals surface area contributed by atoms with Gasteiger partial charge >= 0.3 is 0 Å². The molecule has 1 aromatic rings. The van der Waals surface area contributed by atoms with Gasteiger partial charge < -0.3 is 10.2 Å². The van der Waals surface area contributed by atoms with Gasteiger partial charge in [0, 0.05) is 6.54 Å². The zero-order valence-electron chi connectivity index (χ0n) is 11.6. The van der Waals surface area contributed by atoms with E-state index in [1.54, 1.807) is 6.07 Å². The Balaban J connectivity index is 1.77. The third kappa shape index (κ3) is 4.43. The van der Waals surface area contributed by atoms with E-state index in [9.17, 15) is 8.42 Å². The molecule has 112 valence electrons. The van der Waals surface area contributed by atoms with Crippen molar-refractivity contribution in [3.63, 3.8) is 0 Å². The van der Waals surface area contributed by atoms with E-state index in [-0.39, 0.29) is 4.90 Å². The van der Waals surface area contributed by atoms with Gasteiger partial charge in [0.1, 0.15) is 10.7 Å². The summed E-state index contributed by atoms with van der Waals surface area (Å²) in [4.78, 5) is 6.15. The highest BCUT2D eigenvalue weighted by atomic mass is 32.2. The highest BCUT2D eigenvalue weighted by Gasteiger charge is 2.16. The van der Waals surface area contributed by atoms with Gasteiger partial charge in [-0.2, -0.15) is 8.42 Å². The molecule has 0 saturated carbocycles. The van der Waals surface area contributed by atoms with Gasteiger partial charge in [0.05, 0.1) is 6.20 Å². The van der Waals surface area contributed by atoms with Crippen molar-refractivity contribution < 1.29 is 13.0 Å². The average molecular weight is 299 g/mol. The van der Waals surface area contributed by atoms with Crippen LogP contribution in [0.3, 0.4) is 0 Å². The Hall–Kier alpha value is -1.18. The van der Waals surface area contributed by atoms with Crippen molar-refractivity contribution in [1.82, 2.24) is 9.88 Å².